The van der Waals surface area contributed by atoms with Gasteiger partial charge in [-0.15, -0.1) is 0 Å². The Hall–Kier alpha value is -3.13. The fourth-order valence-electron chi connectivity index (χ4n) is 2.50. The van der Waals surface area contributed by atoms with E-state index in [1.165, 1.54) is 26.4 Å². The summed E-state index contributed by atoms with van der Waals surface area (Å²) in [5.74, 6) is 1.23. The van der Waals surface area contributed by atoms with Crippen LogP contribution in [0.3, 0.4) is 0 Å². The lowest BCUT2D eigenvalue weighted by Gasteiger charge is -2.18. The average Bonchev–Trinajstić information content (AvgIpc) is 3.08. The minimum atomic E-state index is -0.770. The Morgan fingerprint density at radius 2 is 1.77 bits per heavy atom. The number of methoxy groups -OCH3 is 2. The van der Waals surface area contributed by atoms with E-state index in [1.54, 1.807) is 19.1 Å². The van der Waals surface area contributed by atoms with E-state index in [9.17, 15) is 4.39 Å². The van der Waals surface area contributed by atoms with Gasteiger partial charge in [0.25, 0.3) is 0 Å². The van der Waals surface area contributed by atoms with Crippen molar-refractivity contribution in [3.8, 4) is 22.9 Å². The molecule has 0 radical (unpaired) electrons. The first-order chi connectivity index (χ1) is 12.5. The second kappa shape index (κ2) is 7.40. The second-order valence-electron chi connectivity index (χ2n) is 5.57. The van der Waals surface area contributed by atoms with Crippen LogP contribution in [-0.4, -0.2) is 24.4 Å². The second-order valence-corrected chi connectivity index (χ2v) is 5.57. The van der Waals surface area contributed by atoms with Gasteiger partial charge in [0.2, 0.25) is 11.7 Å². The predicted octanol–water partition coefficient (Wildman–Crippen LogP) is 3.27. The molecule has 0 bridgehead atoms. The highest BCUT2D eigenvalue weighted by Gasteiger charge is 2.17. The first-order valence-electron chi connectivity index (χ1n) is 7.86. The Kier molecular flexibility index (Phi) is 5.04. The molecule has 0 aliphatic carbocycles. The Bertz CT molecular complexity index is 896. The maximum Gasteiger partial charge on any atom is 0.223 e. The summed E-state index contributed by atoms with van der Waals surface area (Å²) in [7, 11) is 2.93. The molecule has 2 aromatic carbocycles. The highest BCUT2D eigenvalue weighted by molar-refractivity contribution is 5.60. The standard InChI is InChI=1S/C18H19FN4O3/c1-10-21-18(23-26-10)11-4-6-12(7-5-11)22-17(20)13-8-15(24-2)16(25-3)9-14(13)19/h4-9,17,22H,20H2,1-3H3. The van der Waals surface area contributed by atoms with Crippen LogP contribution in [-0.2, 0) is 0 Å². The molecule has 3 rings (SSSR count). The van der Waals surface area contributed by atoms with Gasteiger partial charge in [-0.2, -0.15) is 4.98 Å². The molecule has 136 valence electrons. The first kappa shape index (κ1) is 17.7. The number of ether oxygens (including phenoxy) is 2. The van der Waals surface area contributed by atoms with Gasteiger partial charge in [-0.1, -0.05) is 5.16 Å². The minimum absolute atomic E-state index is 0.264. The van der Waals surface area contributed by atoms with Crippen molar-refractivity contribution < 1.29 is 18.4 Å². The summed E-state index contributed by atoms with van der Waals surface area (Å²) in [5.41, 5.74) is 7.89. The molecule has 0 aliphatic rings. The number of aromatic nitrogens is 2. The van der Waals surface area contributed by atoms with Gasteiger partial charge < -0.3 is 25.0 Å². The molecule has 3 aromatic rings. The number of nitrogens with two attached hydrogens (primary N) is 1. The lowest BCUT2D eigenvalue weighted by Crippen LogP contribution is -2.21. The first-order valence-corrected chi connectivity index (χ1v) is 7.86. The lowest BCUT2D eigenvalue weighted by molar-refractivity contribution is 0.351. The largest absolute Gasteiger partial charge is 0.493 e. The monoisotopic (exact) mass is 358 g/mol. The molecule has 0 saturated carbocycles. The summed E-state index contributed by atoms with van der Waals surface area (Å²) in [5, 5.41) is 6.91. The molecule has 8 heteroatoms. The molecule has 0 saturated heterocycles. The van der Waals surface area contributed by atoms with Crippen LogP contribution in [0.5, 0.6) is 11.5 Å². The number of hydrogen-bond donors (Lipinski definition) is 2. The van der Waals surface area contributed by atoms with Gasteiger partial charge in [-0.3, -0.25) is 0 Å². The number of aryl methyl sites for hydroxylation is 1. The van der Waals surface area contributed by atoms with E-state index in [4.69, 9.17) is 19.7 Å². The summed E-state index contributed by atoms with van der Waals surface area (Å²) < 4.78 is 29.6. The third kappa shape index (κ3) is 3.60. The van der Waals surface area contributed by atoms with E-state index in [-0.39, 0.29) is 5.56 Å². The van der Waals surface area contributed by atoms with E-state index in [2.05, 4.69) is 15.5 Å². The van der Waals surface area contributed by atoms with Gasteiger partial charge in [0.05, 0.1) is 14.2 Å². The SMILES string of the molecule is COc1cc(F)c(C(N)Nc2ccc(-c3noc(C)n3)cc2)cc1OC. The Morgan fingerprint density at radius 3 is 2.35 bits per heavy atom. The quantitative estimate of drug-likeness (QED) is 0.653. The summed E-state index contributed by atoms with van der Waals surface area (Å²) in [4.78, 5) is 4.17. The summed E-state index contributed by atoms with van der Waals surface area (Å²) in [6, 6.07) is 10.0. The molecule has 3 N–H and O–H groups in total. The zero-order valence-electron chi connectivity index (χ0n) is 14.6. The maximum absolute atomic E-state index is 14.3. The van der Waals surface area contributed by atoms with Gasteiger partial charge in [0.1, 0.15) is 12.0 Å². The van der Waals surface area contributed by atoms with Crippen LogP contribution >= 0.6 is 0 Å². The summed E-state index contributed by atoms with van der Waals surface area (Å²) in [6.07, 6.45) is -0.770. The molecular formula is C18H19FN4O3. The van der Waals surface area contributed by atoms with E-state index < -0.39 is 12.0 Å². The molecule has 0 amide bonds. The fraction of sp³-hybridized carbons (Fsp3) is 0.222. The number of nitrogens with one attached hydrogen (secondary N) is 1. The van der Waals surface area contributed by atoms with Crippen molar-refractivity contribution >= 4 is 5.69 Å². The Balaban J connectivity index is 1.78. The number of anilines is 1. The summed E-state index contributed by atoms with van der Waals surface area (Å²) in [6.45, 7) is 1.73. The van der Waals surface area contributed by atoms with Crippen molar-refractivity contribution in [1.29, 1.82) is 0 Å². The molecule has 0 fully saturated rings. The molecule has 1 atom stereocenters. The smallest absolute Gasteiger partial charge is 0.223 e. The Labute approximate surface area is 149 Å². The number of nitrogens with zero attached hydrogens (tertiary/aromatic N) is 2. The highest BCUT2D eigenvalue weighted by Crippen LogP contribution is 2.32. The normalized spacial score (nSPS) is 11.9. The molecule has 1 unspecified atom stereocenters. The fourth-order valence-corrected chi connectivity index (χ4v) is 2.50. The van der Waals surface area contributed by atoms with Crippen LogP contribution in [0.15, 0.2) is 40.9 Å². The molecule has 1 heterocycles. The average molecular weight is 358 g/mol. The summed E-state index contributed by atoms with van der Waals surface area (Å²) >= 11 is 0. The number of benzene rings is 2. The molecule has 7 nitrogen and oxygen atoms in total. The minimum Gasteiger partial charge on any atom is -0.493 e. The molecule has 1 aromatic heterocycles. The van der Waals surface area contributed by atoms with Gasteiger partial charge >= 0.3 is 0 Å². The predicted molar refractivity (Wildman–Crippen MR) is 94.5 cm³/mol. The zero-order valence-corrected chi connectivity index (χ0v) is 14.6. The number of rotatable bonds is 6. The maximum atomic E-state index is 14.3. The van der Waals surface area contributed by atoms with Crippen LogP contribution in [0.25, 0.3) is 11.4 Å². The molecular weight excluding hydrogens is 339 g/mol. The van der Waals surface area contributed by atoms with Crippen molar-refractivity contribution in [3.05, 3.63) is 53.7 Å². The molecule has 0 spiro atoms. The van der Waals surface area contributed by atoms with E-state index in [0.717, 1.165) is 11.3 Å². The number of halogens is 1. The zero-order chi connectivity index (χ0) is 18.7. The van der Waals surface area contributed by atoms with Crippen LogP contribution < -0.4 is 20.5 Å². The van der Waals surface area contributed by atoms with Crippen molar-refractivity contribution in [3.63, 3.8) is 0 Å². The van der Waals surface area contributed by atoms with Crippen LogP contribution in [0, 0.1) is 12.7 Å². The van der Waals surface area contributed by atoms with Gasteiger partial charge in [-0.05, 0) is 30.3 Å². The number of hydrogen-bond acceptors (Lipinski definition) is 7. The van der Waals surface area contributed by atoms with Gasteiger partial charge in [0.15, 0.2) is 11.5 Å². The van der Waals surface area contributed by atoms with Crippen molar-refractivity contribution in [2.75, 3.05) is 19.5 Å². The van der Waals surface area contributed by atoms with Crippen molar-refractivity contribution in [2.24, 2.45) is 5.73 Å². The third-order valence-corrected chi connectivity index (χ3v) is 3.83. The van der Waals surface area contributed by atoms with Crippen LogP contribution in [0.4, 0.5) is 10.1 Å². The highest BCUT2D eigenvalue weighted by atomic mass is 19.1. The van der Waals surface area contributed by atoms with Crippen LogP contribution in [0.2, 0.25) is 0 Å². The third-order valence-electron chi connectivity index (χ3n) is 3.83. The van der Waals surface area contributed by atoms with E-state index in [0.29, 0.717) is 23.2 Å². The Morgan fingerprint density at radius 1 is 1.12 bits per heavy atom. The van der Waals surface area contributed by atoms with Gasteiger partial charge in [0, 0.05) is 29.8 Å². The van der Waals surface area contributed by atoms with Crippen molar-refractivity contribution in [2.45, 2.75) is 13.1 Å². The van der Waals surface area contributed by atoms with E-state index in [1.807, 2.05) is 12.1 Å². The lowest BCUT2D eigenvalue weighted by atomic mass is 10.1. The van der Waals surface area contributed by atoms with Crippen LogP contribution in [0.1, 0.15) is 17.6 Å². The van der Waals surface area contributed by atoms with Gasteiger partial charge in [-0.25, -0.2) is 4.39 Å². The van der Waals surface area contributed by atoms with E-state index >= 15 is 0 Å². The van der Waals surface area contributed by atoms with Crippen molar-refractivity contribution in [1.82, 2.24) is 10.1 Å². The molecule has 0 aliphatic heterocycles. The topological polar surface area (TPSA) is 95.4 Å². The molecule has 26 heavy (non-hydrogen) atoms.